The molecule has 0 saturated heterocycles. The fourth-order valence-corrected chi connectivity index (χ4v) is 6.19. The molecule has 27 heavy (non-hydrogen) atoms. The lowest BCUT2D eigenvalue weighted by molar-refractivity contribution is 0.597. The number of halogens is 1. The maximum Gasteiger partial charge on any atom is 0.216 e. The zero-order chi connectivity index (χ0) is 18.5. The van der Waals surface area contributed by atoms with Gasteiger partial charge in [-0.25, -0.2) is 9.36 Å². The van der Waals surface area contributed by atoms with Crippen molar-refractivity contribution in [3.63, 3.8) is 0 Å². The highest BCUT2D eigenvalue weighted by atomic mass is 35.5. The Balaban J connectivity index is 1.58. The molecule has 2 aromatic heterocycles. The first-order valence-electron chi connectivity index (χ1n) is 8.76. The van der Waals surface area contributed by atoms with E-state index in [0.29, 0.717) is 5.15 Å². The fraction of sp³-hybridized carbons (Fsp3) is 0.278. The summed E-state index contributed by atoms with van der Waals surface area (Å²) in [6.45, 7) is 4.17. The zero-order valence-electron chi connectivity index (χ0n) is 14.8. The maximum absolute atomic E-state index is 6.83. The van der Waals surface area contributed by atoms with E-state index in [1.54, 1.807) is 23.5 Å². The van der Waals surface area contributed by atoms with Crippen molar-refractivity contribution in [3.8, 4) is 5.69 Å². The van der Waals surface area contributed by atoms with Crippen molar-refractivity contribution < 1.29 is 0 Å². The molecule has 0 fully saturated rings. The predicted octanol–water partition coefficient (Wildman–Crippen LogP) is 4.67. The van der Waals surface area contributed by atoms with Gasteiger partial charge >= 0.3 is 0 Å². The number of fused-ring (bicyclic) bond motifs is 3. The summed E-state index contributed by atoms with van der Waals surface area (Å²) < 4.78 is 3.95. The molecule has 6 nitrogen and oxygen atoms in total. The average Bonchev–Trinajstić information content (AvgIpc) is 3.39. The van der Waals surface area contributed by atoms with E-state index in [1.165, 1.54) is 0 Å². The van der Waals surface area contributed by atoms with Crippen molar-refractivity contribution in [2.75, 3.05) is 5.01 Å². The third kappa shape index (κ3) is 2.61. The summed E-state index contributed by atoms with van der Waals surface area (Å²) >= 11 is 10.2. The van der Waals surface area contributed by atoms with Gasteiger partial charge < -0.3 is 0 Å². The van der Waals surface area contributed by atoms with Gasteiger partial charge in [-0.1, -0.05) is 48.5 Å². The third-order valence-electron chi connectivity index (χ3n) is 4.60. The first-order chi connectivity index (χ1) is 13.2. The Kier molecular flexibility index (Phi) is 4.22. The van der Waals surface area contributed by atoms with Crippen LogP contribution in [0.2, 0.25) is 5.15 Å². The quantitative estimate of drug-likeness (QED) is 0.616. The van der Waals surface area contributed by atoms with E-state index in [9.17, 15) is 0 Å². The van der Waals surface area contributed by atoms with Gasteiger partial charge in [-0.2, -0.15) is 5.10 Å². The number of hydrogen-bond donors (Lipinski definition) is 0. The molecule has 0 N–H and O–H groups in total. The number of aromatic nitrogens is 5. The van der Waals surface area contributed by atoms with E-state index in [2.05, 4.69) is 32.2 Å². The Labute approximate surface area is 170 Å². The number of para-hydroxylation sites is 1. The molecule has 2 aliphatic rings. The molecular formula is C18H17ClN6S2. The second-order valence-corrected chi connectivity index (χ2v) is 8.69. The first-order valence-corrected chi connectivity index (χ1v) is 10.9. The average molecular weight is 417 g/mol. The molecule has 1 unspecified atom stereocenters. The highest BCUT2D eigenvalue weighted by molar-refractivity contribution is 8.07. The maximum atomic E-state index is 6.83. The largest absolute Gasteiger partial charge is 0.252 e. The number of hydrogen-bond acceptors (Lipinski definition) is 6. The van der Waals surface area contributed by atoms with Crippen LogP contribution in [-0.4, -0.2) is 24.7 Å². The predicted molar refractivity (Wildman–Crippen MR) is 110 cm³/mol. The van der Waals surface area contributed by atoms with E-state index in [4.69, 9.17) is 16.7 Å². The number of thioether (sulfide) groups is 2. The molecule has 138 valence electrons. The molecule has 9 heteroatoms. The van der Waals surface area contributed by atoms with Gasteiger partial charge in [0.05, 0.1) is 11.4 Å². The first kappa shape index (κ1) is 17.2. The summed E-state index contributed by atoms with van der Waals surface area (Å²) in [6, 6.07) is 9.99. The van der Waals surface area contributed by atoms with Crippen LogP contribution >= 0.6 is 35.1 Å². The molecule has 0 radical (unpaired) electrons. The Bertz CT molecular complexity index is 1040. The van der Waals surface area contributed by atoms with Gasteiger partial charge in [0.2, 0.25) is 5.16 Å². The number of aryl methyl sites for hydroxylation is 2. The fourth-order valence-electron chi connectivity index (χ4n) is 3.40. The molecule has 0 aliphatic carbocycles. The van der Waals surface area contributed by atoms with E-state index in [-0.39, 0.29) is 5.37 Å². The molecular weight excluding hydrogens is 400 g/mol. The van der Waals surface area contributed by atoms with E-state index in [0.717, 1.165) is 45.8 Å². The van der Waals surface area contributed by atoms with Gasteiger partial charge in [0.15, 0.2) is 5.82 Å². The lowest BCUT2D eigenvalue weighted by Crippen LogP contribution is -2.31. The highest BCUT2D eigenvalue weighted by Gasteiger charge is 2.41. The minimum absolute atomic E-state index is 0.0188. The molecule has 2 aliphatic heterocycles. The highest BCUT2D eigenvalue weighted by Crippen LogP contribution is 2.53. The zero-order valence-corrected chi connectivity index (χ0v) is 17.2. The van der Waals surface area contributed by atoms with Gasteiger partial charge in [0, 0.05) is 17.4 Å². The SMILES string of the molecule is CCCc1nnc2n1N1C(=CSC1c1c(C)nn(-c3ccccc3)c1Cl)S2. The topological polar surface area (TPSA) is 51.8 Å². The summed E-state index contributed by atoms with van der Waals surface area (Å²) in [7, 11) is 0. The van der Waals surface area contributed by atoms with Crippen molar-refractivity contribution in [2.45, 2.75) is 37.2 Å². The lowest BCUT2D eigenvalue weighted by Gasteiger charge is -2.25. The van der Waals surface area contributed by atoms with Gasteiger partial charge in [-0.3, -0.25) is 5.01 Å². The second kappa shape index (κ2) is 6.61. The van der Waals surface area contributed by atoms with Crippen LogP contribution in [-0.2, 0) is 6.42 Å². The summed E-state index contributed by atoms with van der Waals surface area (Å²) in [4.78, 5) is 0. The lowest BCUT2D eigenvalue weighted by atomic mass is 10.2. The molecule has 5 rings (SSSR count). The van der Waals surface area contributed by atoms with Crippen molar-refractivity contribution in [1.82, 2.24) is 24.7 Å². The summed E-state index contributed by atoms with van der Waals surface area (Å²) in [5.41, 5.74) is 2.92. The van der Waals surface area contributed by atoms with Crippen LogP contribution in [0.3, 0.4) is 0 Å². The normalized spacial score (nSPS) is 18.0. The monoisotopic (exact) mass is 416 g/mol. The molecule has 0 bridgehead atoms. The van der Waals surface area contributed by atoms with Gasteiger partial charge in [-0.15, -0.1) is 10.2 Å². The van der Waals surface area contributed by atoms with E-state index >= 15 is 0 Å². The third-order valence-corrected chi connectivity index (χ3v) is 7.12. The molecule has 1 atom stereocenters. The molecule has 3 aromatic rings. The van der Waals surface area contributed by atoms with Crippen LogP contribution in [0.5, 0.6) is 0 Å². The molecule has 0 spiro atoms. The van der Waals surface area contributed by atoms with Crippen LogP contribution in [0, 0.1) is 6.92 Å². The van der Waals surface area contributed by atoms with Crippen molar-refractivity contribution in [3.05, 3.63) is 63.0 Å². The standard InChI is InChI=1S/C18H17ClN6S2/c1-3-7-13-20-21-18-24(13)25-14(27-18)10-26-17(25)15-11(2)22-23(16(15)19)12-8-5-4-6-9-12/h4-6,8-10,17H,3,7H2,1-2H3. The second-order valence-electron chi connectivity index (χ2n) is 6.39. The van der Waals surface area contributed by atoms with Crippen LogP contribution < -0.4 is 5.01 Å². The number of nitrogens with zero attached hydrogens (tertiary/aromatic N) is 6. The summed E-state index contributed by atoms with van der Waals surface area (Å²) in [5, 5.41) is 20.6. The minimum atomic E-state index is 0.0188. The Morgan fingerprint density at radius 2 is 2.00 bits per heavy atom. The Morgan fingerprint density at radius 3 is 2.78 bits per heavy atom. The van der Waals surface area contributed by atoms with Crippen molar-refractivity contribution >= 4 is 35.1 Å². The molecule has 1 aromatic carbocycles. The van der Waals surface area contributed by atoms with Crippen LogP contribution in [0.15, 0.2) is 45.9 Å². The van der Waals surface area contributed by atoms with Gasteiger partial charge in [0.1, 0.15) is 15.6 Å². The van der Waals surface area contributed by atoms with Crippen molar-refractivity contribution in [1.29, 1.82) is 0 Å². The Morgan fingerprint density at radius 1 is 1.19 bits per heavy atom. The van der Waals surface area contributed by atoms with Crippen LogP contribution in [0.25, 0.3) is 5.69 Å². The van der Waals surface area contributed by atoms with E-state index < -0.39 is 0 Å². The summed E-state index contributed by atoms with van der Waals surface area (Å²) in [6.07, 6.45) is 1.92. The number of rotatable bonds is 4. The summed E-state index contributed by atoms with van der Waals surface area (Å²) in [5.74, 6) is 0.986. The molecule has 4 heterocycles. The van der Waals surface area contributed by atoms with Gasteiger partial charge in [-0.05, 0) is 37.2 Å². The Hall–Kier alpha value is -1.90. The van der Waals surface area contributed by atoms with E-state index in [1.807, 2.05) is 41.9 Å². The molecule has 0 saturated carbocycles. The van der Waals surface area contributed by atoms with Crippen LogP contribution in [0.1, 0.15) is 35.8 Å². The van der Waals surface area contributed by atoms with Crippen molar-refractivity contribution in [2.24, 2.45) is 0 Å². The van der Waals surface area contributed by atoms with Crippen LogP contribution in [0.4, 0.5) is 0 Å². The van der Waals surface area contributed by atoms with Gasteiger partial charge in [0.25, 0.3) is 0 Å². The molecule has 0 amide bonds. The smallest absolute Gasteiger partial charge is 0.216 e. The number of benzene rings is 1. The minimum Gasteiger partial charge on any atom is -0.252 e.